The second-order valence-electron chi connectivity index (χ2n) is 4.45. The van der Waals surface area contributed by atoms with Crippen molar-refractivity contribution in [3.05, 3.63) is 24.3 Å². The number of urea groups is 1. The lowest BCUT2D eigenvalue weighted by Gasteiger charge is -2.12. The summed E-state index contributed by atoms with van der Waals surface area (Å²) in [6.07, 6.45) is 3.78. The van der Waals surface area contributed by atoms with Crippen molar-refractivity contribution in [2.24, 2.45) is 0 Å². The zero-order valence-corrected chi connectivity index (χ0v) is 11.7. The van der Waals surface area contributed by atoms with E-state index in [1.165, 1.54) is 0 Å². The number of rotatable bonds is 4. The van der Waals surface area contributed by atoms with Gasteiger partial charge in [-0.15, -0.1) is 0 Å². The third-order valence-electron chi connectivity index (χ3n) is 2.94. The highest BCUT2D eigenvalue weighted by atomic mass is 32.2. The van der Waals surface area contributed by atoms with Crippen molar-refractivity contribution in [1.82, 2.24) is 5.32 Å². The summed E-state index contributed by atoms with van der Waals surface area (Å²) in [5.74, 6) is 0. The zero-order chi connectivity index (χ0) is 13.7. The summed E-state index contributed by atoms with van der Waals surface area (Å²) in [6, 6.07) is 6.75. The van der Waals surface area contributed by atoms with Crippen molar-refractivity contribution in [1.29, 1.82) is 0 Å². The van der Waals surface area contributed by atoms with Gasteiger partial charge in [-0.1, -0.05) is 6.07 Å². The van der Waals surface area contributed by atoms with Crippen LogP contribution < -0.4 is 10.6 Å². The molecular weight excluding hydrogens is 264 g/mol. The maximum Gasteiger partial charge on any atom is 0.319 e. The molecule has 2 amide bonds. The van der Waals surface area contributed by atoms with E-state index in [1.54, 1.807) is 30.5 Å². The van der Waals surface area contributed by atoms with Crippen molar-refractivity contribution in [2.75, 3.05) is 24.7 Å². The van der Waals surface area contributed by atoms with Crippen LogP contribution in [0.25, 0.3) is 0 Å². The van der Waals surface area contributed by atoms with E-state index in [1.807, 2.05) is 0 Å². The van der Waals surface area contributed by atoms with Gasteiger partial charge in [0.05, 0.1) is 6.10 Å². The first-order valence-electron chi connectivity index (χ1n) is 6.25. The fourth-order valence-electron chi connectivity index (χ4n) is 1.94. The largest absolute Gasteiger partial charge is 0.376 e. The molecule has 0 saturated carbocycles. The van der Waals surface area contributed by atoms with Crippen molar-refractivity contribution in [3.63, 3.8) is 0 Å². The summed E-state index contributed by atoms with van der Waals surface area (Å²) < 4.78 is 16.8. The first-order valence-corrected chi connectivity index (χ1v) is 7.81. The molecule has 0 radical (unpaired) electrons. The number of hydrogen-bond donors (Lipinski definition) is 2. The Morgan fingerprint density at radius 3 is 3.05 bits per heavy atom. The Bertz CT molecular complexity index is 473. The standard InChI is InChI=1S/C13H18N2O3S/c1-19(17)12-6-2-4-10(8-12)15-13(16)14-9-11-5-3-7-18-11/h2,4,6,8,11H,3,5,7,9H2,1H3,(H2,14,15,16). The summed E-state index contributed by atoms with van der Waals surface area (Å²) in [7, 11) is -1.05. The van der Waals surface area contributed by atoms with E-state index >= 15 is 0 Å². The van der Waals surface area contributed by atoms with E-state index in [9.17, 15) is 9.00 Å². The molecule has 104 valence electrons. The quantitative estimate of drug-likeness (QED) is 0.883. The maximum atomic E-state index is 11.7. The molecule has 1 aliphatic rings. The molecular formula is C13H18N2O3S. The monoisotopic (exact) mass is 282 g/mol. The van der Waals surface area contributed by atoms with Crippen LogP contribution in [0.1, 0.15) is 12.8 Å². The molecule has 19 heavy (non-hydrogen) atoms. The number of amides is 2. The van der Waals surface area contributed by atoms with Gasteiger partial charge in [-0.25, -0.2) is 4.79 Å². The van der Waals surface area contributed by atoms with Crippen LogP contribution >= 0.6 is 0 Å². The fourth-order valence-corrected chi connectivity index (χ4v) is 2.50. The fraction of sp³-hybridized carbons (Fsp3) is 0.462. The lowest BCUT2D eigenvalue weighted by atomic mass is 10.2. The zero-order valence-electron chi connectivity index (χ0n) is 10.8. The molecule has 0 aliphatic carbocycles. The highest BCUT2D eigenvalue weighted by molar-refractivity contribution is 7.84. The van der Waals surface area contributed by atoms with Gasteiger partial charge in [-0.2, -0.15) is 0 Å². The molecule has 1 aromatic carbocycles. The highest BCUT2D eigenvalue weighted by Gasteiger charge is 2.16. The summed E-state index contributed by atoms with van der Waals surface area (Å²) in [6.45, 7) is 1.30. The van der Waals surface area contributed by atoms with E-state index in [2.05, 4.69) is 10.6 Å². The van der Waals surface area contributed by atoms with Crippen LogP contribution in [0.2, 0.25) is 0 Å². The Kier molecular flexibility index (Phi) is 4.93. The van der Waals surface area contributed by atoms with Crippen molar-refractivity contribution >= 4 is 22.5 Å². The Morgan fingerprint density at radius 1 is 1.53 bits per heavy atom. The van der Waals surface area contributed by atoms with E-state index in [4.69, 9.17) is 4.74 Å². The van der Waals surface area contributed by atoms with E-state index < -0.39 is 10.8 Å². The van der Waals surface area contributed by atoms with Crippen LogP contribution in [0.3, 0.4) is 0 Å². The molecule has 0 spiro atoms. The first kappa shape index (κ1) is 14.0. The second-order valence-corrected chi connectivity index (χ2v) is 5.83. The van der Waals surface area contributed by atoms with Crippen molar-refractivity contribution in [3.8, 4) is 0 Å². The van der Waals surface area contributed by atoms with Gasteiger partial charge >= 0.3 is 6.03 Å². The van der Waals surface area contributed by atoms with Crippen LogP contribution in [0.5, 0.6) is 0 Å². The number of hydrogen-bond acceptors (Lipinski definition) is 3. The number of carbonyl (C=O) groups is 1. The smallest absolute Gasteiger partial charge is 0.319 e. The molecule has 5 nitrogen and oxygen atoms in total. The van der Waals surface area contributed by atoms with Gasteiger partial charge in [0, 0.05) is 40.8 Å². The molecule has 0 aromatic heterocycles. The molecule has 1 saturated heterocycles. The van der Waals surface area contributed by atoms with Crippen LogP contribution in [0, 0.1) is 0 Å². The molecule has 1 fully saturated rings. The Labute approximate surface area is 115 Å². The Morgan fingerprint density at radius 2 is 2.37 bits per heavy atom. The van der Waals surface area contributed by atoms with Crippen LogP contribution in [-0.4, -0.2) is 35.8 Å². The number of nitrogens with one attached hydrogen (secondary N) is 2. The predicted molar refractivity (Wildman–Crippen MR) is 74.8 cm³/mol. The summed E-state index contributed by atoms with van der Waals surface area (Å²) >= 11 is 0. The van der Waals surface area contributed by atoms with Crippen LogP contribution in [0.15, 0.2) is 29.2 Å². The average molecular weight is 282 g/mol. The van der Waals surface area contributed by atoms with Gasteiger partial charge in [0.25, 0.3) is 0 Å². The van der Waals surface area contributed by atoms with E-state index in [-0.39, 0.29) is 12.1 Å². The van der Waals surface area contributed by atoms with Gasteiger partial charge in [0.1, 0.15) is 0 Å². The number of benzene rings is 1. The van der Waals surface area contributed by atoms with Crippen LogP contribution in [-0.2, 0) is 15.5 Å². The molecule has 1 aliphatic heterocycles. The lowest BCUT2D eigenvalue weighted by molar-refractivity contribution is 0.112. The SMILES string of the molecule is CS(=O)c1cccc(NC(=O)NCC2CCCO2)c1. The van der Waals surface area contributed by atoms with E-state index in [0.717, 1.165) is 19.4 Å². The molecule has 2 unspecified atom stereocenters. The predicted octanol–water partition coefficient (Wildman–Crippen LogP) is 1.72. The Balaban J connectivity index is 1.84. The number of carbonyl (C=O) groups excluding carboxylic acids is 1. The first-order chi connectivity index (χ1) is 9.15. The molecule has 1 heterocycles. The van der Waals surface area contributed by atoms with Crippen molar-refractivity contribution in [2.45, 2.75) is 23.8 Å². The topological polar surface area (TPSA) is 67.4 Å². The third kappa shape index (κ3) is 4.33. The van der Waals surface area contributed by atoms with Crippen molar-refractivity contribution < 1.29 is 13.7 Å². The van der Waals surface area contributed by atoms with Gasteiger partial charge in [0.15, 0.2) is 0 Å². The third-order valence-corrected chi connectivity index (χ3v) is 3.86. The van der Waals surface area contributed by atoms with Gasteiger partial charge < -0.3 is 15.4 Å². The minimum Gasteiger partial charge on any atom is -0.376 e. The minimum absolute atomic E-state index is 0.125. The number of ether oxygens (including phenoxy) is 1. The molecule has 0 bridgehead atoms. The average Bonchev–Trinajstić information content (AvgIpc) is 2.90. The summed E-state index contributed by atoms with van der Waals surface area (Å²) in [5, 5.41) is 5.49. The van der Waals surface area contributed by atoms with Gasteiger partial charge in [-0.3, -0.25) is 4.21 Å². The lowest BCUT2D eigenvalue weighted by Crippen LogP contribution is -2.35. The molecule has 6 heteroatoms. The normalized spacial score (nSPS) is 19.9. The Hall–Kier alpha value is -1.40. The van der Waals surface area contributed by atoms with Crippen LogP contribution in [0.4, 0.5) is 10.5 Å². The van der Waals surface area contributed by atoms with Gasteiger partial charge in [-0.05, 0) is 31.0 Å². The maximum absolute atomic E-state index is 11.7. The summed E-state index contributed by atoms with van der Waals surface area (Å²) in [4.78, 5) is 12.4. The molecule has 1 aromatic rings. The highest BCUT2D eigenvalue weighted by Crippen LogP contribution is 2.13. The van der Waals surface area contributed by atoms with Gasteiger partial charge in [0.2, 0.25) is 0 Å². The molecule has 2 rings (SSSR count). The van der Waals surface area contributed by atoms with E-state index in [0.29, 0.717) is 17.1 Å². The minimum atomic E-state index is -1.05. The second kappa shape index (κ2) is 6.68. The summed E-state index contributed by atoms with van der Waals surface area (Å²) in [5.41, 5.74) is 0.637. The number of anilines is 1. The molecule has 2 atom stereocenters. The molecule has 2 N–H and O–H groups in total.